The minimum Gasteiger partial charge on any atom is -0.444 e. The monoisotopic (exact) mass is 526 g/mol. The van der Waals surface area contributed by atoms with Crippen LogP contribution in [0.15, 0.2) is 83.0 Å². The van der Waals surface area contributed by atoms with Crippen molar-refractivity contribution in [3.8, 4) is 0 Å². The van der Waals surface area contributed by atoms with Crippen LogP contribution in [0, 0.1) is 0 Å². The number of ether oxygens (including phenoxy) is 1. The van der Waals surface area contributed by atoms with Crippen molar-refractivity contribution in [2.45, 2.75) is 65.6 Å². The molecule has 0 saturated heterocycles. The first kappa shape index (κ1) is 29.1. The largest absolute Gasteiger partial charge is 0.444 e. The molecule has 0 unspecified atom stereocenters. The van der Waals surface area contributed by atoms with Crippen molar-refractivity contribution in [1.29, 1.82) is 0 Å². The Morgan fingerprint density at radius 2 is 1.08 bits per heavy atom. The lowest BCUT2D eigenvalue weighted by atomic mass is 10.1. The summed E-state index contributed by atoms with van der Waals surface area (Å²) in [5.41, 5.74) is 22.5. The summed E-state index contributed by atoms with van der Waals surface area (Å²) in [6, 6.07) is 23.8. The summed E-state index contributed by atoms with van der Waals surface area (Å²) in [4.78, 5) is 20.3. The van der Waals surface area contributed by atoms with Crippen molar-refractivity contribution < 1.29 is 9.53 Å². The highest BCUT2D eigenvalue weighted by Crippen LogP contribution is 2.17. The molecule has 0 heterocycles. The highest BCUT2D eigenvalue weighted by Gasteiger charge is 2.22. The Kier molecular flexibility index (Phi) is 10.8. The van der Waals surface area contributed by atoms with Crippen LogP contribution in [0.1, 0.15) is 54.2 Å². The third-order valence-electron chi connectivity index (χ3n) is 5.76. The molecule has 0 bridgehead atoms. The molecule has 39 heavy (non-hydrogen) atoms. The third kappa shape index (κ3) is 10.4. The number of rotatable bonds is 12. The molecular formula is C29H34N8O2. The van der Waals surface area contributed by atoms with Crippen LogP contribution in [0.4, 0.5) is 4.79 Å². The average Bonchev–Trinajstić information content (AvgIpc) is 2.92. The molecule has 10 nitrogen and oxygen atoms in total. The molecule has 3 aromatic carbocycles. The molecule has 3 rings (SSSR count). The predicted molar refractivity (Wildman–Crippen MR) is 151 cm³/mol. The minimum absolute atomic E-state index is 0.291. The molecule has 0 atom stereocenters. The molecule has 202 valence electrons. The fourth-order valence-electron chi connectivity index (χ4n) is 3.81. The lowest BCUT2D eigenvalue weighted by Gasteiger charge is -2.27. The van der Waals surface area contributed by atoms with Gasteiger partial charge in [0.1, 0.15) is 5.60 Å². The van der Waals surface area contributed by atoms with Crippen LogP contribution >= 0.6 is 0 Å². The second-order valence-electron chi connectivity index (χ2n) is 10.2. The summed E-state index contributed by atoms with van der Waals surface area (Å²) < 4.78 is 5.67. The van der Waals surface area contributed by atoms with E-state index in [1.807, 2.05) is 81.4 Å². The number of amides is 1. The summed E-state index contributed by atoms with van der Waals surface area (Å²) in [7, 11) is 0. The maximum atomic E-state index is 13.0. The quantitative estimate of drug-likeness (QED) is 0.148. The van der Waals surface area contributed by atoms with Gasteiger partial charge >= 0.3 is 6.09 Å². The van der Waals surface area contributed by atoms with Gasteiger partial charge in [0.2, 0.25) is 0 Å². The van der Waals surface area contributed by atoms with Gasteiger partial charge in [-0.25, -0.2) is 4.79 Å². The Morgan fingerprint density at radius 3 is 1.44 bits per heavy atom. The number of nitrogens with one attached hydrogen (secondary N) is 1. The first-order chi connectivity index (χ1) is 18.8. The Morgan fingerprint density at radius 1 is 0.718 bits per heavy atom. The lowest BCUT2D eigenvalue weighted by molar-refractivity contribution is 0.0216. The van der Waals surface area contributed by atoms with Gasteiger partial charge in [-0.1, -0.05) is 83.0 Å². The summed E-state index contributed by atoms with van der Waals surface area (Å²) in [6.45, 7) is 8.43. The zero-order valence-corrected chi connectivity index (χ0v) is 22.6. The van der Waals surface area contributed by atoms with Crippen LogP contribution in [-0.4, -0.2) is 16.6 Å². The Balaban J connectivity index is 1.59. The van der Waals surface area contributed by atoms with E-state index in [9.17, 15) is 4.79 Å². The molecule has 0 aliphatic carbocycles. The summed E-state index contributed by atoms with van der Waals surface area (Å²) in [5, 5.41) is 10.6. The van der Waals surface area contributed by atoms with Gasteiger partial charge in [-0.2, -0.15) is 0 Å². The predicted octanol–water partition coefficient (Wildman–Crippen LogP) is 7.53. The molecule has 1 amide bonds. The highest BCUT2D eigenvalue weighted by molar-refractivity contribution is 5.68. The van der Waals surface area contributed by atoms with Gasteiger partial charge < -0.3 is 10.1 Å². The molecule has 0 aromatic heterocycles. The van der Waals surface area contributed by atoms with Gasteiger partial charge in [0.25, 0.3) is 0 Å². The zero-order valence-electron chi connectivity index (χ0n) is 22.6. The standard InChI is InChI=1S/C29H34N8O2/c1-29(2,3)39-28(38)37(21-27-14-10-25(11-15-27)19-34-36-31)20-26-12-8-23(9-13-26)17-32-16-22-4-6-24(7-5-22)18-33-35-30/h4-15,32H,16-21H2,1-3H3. The van der Waals surface area contributed by atoms with E-state index in [2.05, 4.69) is 37.5 Å². The average molecular weight is 527 g/mol. The van der Waals surface area contributed by atoms with Crippen LogP contribution < -0.4 is 5.32 Å². The minimum atomic E-state index is -0.602. The van der Waals surface area contributed by atoms with Crippen LogP contribution in [-0.2, 0) is 44.0 Å². The molecule has 0 saturated carbocycles. The van der Waals surface area contributed by atoms with Gasteiger partial charge in [0, 0.05) is 36.0 Å². The number of carbonyl (C=O) groups excluding carboxylic acids is 1. The Hall–Kier alpha value is -4.49. The number of nitrogens with zero attached hydrogens (tertiary/aromatic N) is 7. The maximum absolute atomic E-state index is 13.0. The van der Waals surface area contributed by atoms with Crippen LogP contribution in [0.5, 0.6) is 0 Å². The second kappa shape index (κ2) is 14.4. The van der Waals surface area contributed by atoms with E-state index in [1.54, 1.807) is 4.90 Å². The van der Waals surface area contributed by atoms with Crippen LogP contribution in [0.2, 0.25) is 0 Å². The number of hydrogen-bond acceptors (Lipinski definition) is 5. The zero-order chi connectivity index (χ0) is 28.1. The molecule has 10 heteroatoms. The van der Waals surface area contributed by atoms with E-state index in [1.165, 1.54) is 0 Å². The molecular weight excluding hydrogens is 492 g/mol. The first-order valence-electron chi connectivity index (χ1n) is 12.7. The van der Waals surface area contributed by atoms with E-state index >= 15 is 0 Å². The first-order valence-corrected chi connectivity index (χ1v) is 12.7. The van der Waals surface area contributed by atoms with Gasteiger partial charge in [0.15, 0.2) is 0 Å². The summed E-state index contributed by atoms with van der Waals surface area (Å²) in [5.74, 6) is 0. The topological polar surface area (TPSA) is 139 Å². The normalized spacial score (nSPS) is 10.7. The van der Waals surface area contributed by atoms with Crippen molar-refractivity contribution in [3.05, 3.63) is 127 Å². The SMILES string of the molecule is CC(C)(C)OC(=O)N(Cc1ccc(CN=[N+]=[N-])cc1)Cc1ccc(CNCc2ccc(CN=[N+]=[N-])cc2)cc1. The van der Waals surface area contributed by atoms with Crippen molar-refractivity contribution in [2.24, 2.45) is 10.2 Å². The van der Waals surface area contributed by atoms with E-state index in [-0.39, 0.29) is 6.09 Å². The number of hydrogen-bond donors (Lipinski definition) is 1. The van der Waals surface area contributed by atoms with Crippen molar-refractivity contribution in [2.75, 3.05) is 0 Å². The maximum Gasteiger partial charge on any atom is 0.410 e. The lowest BCUT2D eigenvalue weighted by Crippen LogP contribution is -2.36. The molecule has 3 aromatic rings. The molecule has 0 spiro atoms. The fraction of sp³-hybridized carbons (Fsp3) is 0.345. The number of carbonyl (C=O) groups is 1. The Bertz CT molecular complexity index is 1300. The van der Waals surface area contributed by atoms with Crippen LogP contribution in [0.3, 0.4) is 0 Å². The molecule has 0 fully saturated rings. The second-order valence-corrected chi connectivity index (χ2v) is 10.2. The Labute approximate surface area is 228 Å². The summed E-state index contributed by atoms with van der Waals surface area (Å²) in [6.07, 6.45) is -0.378. The molecule has 0 radical (unpaired) electrons. The van der Waals surface area contributed by atoms with Gasteiger partial charge in [-0.05, 0) is 65.2 Å². The summed E-state index contributed by atoms with van der Waals surface area (Å²) >= 11 is 0. The van der Waals surface area contributed by atoms with E-state index in [4.69, 9.17) is 15.8 Å². The third-order valence-corrected chi connectivity index (χ3v) is 5.76. The highest BCUT2D eigenvalue weighted by atomic mass is 16.6. The van der Waals surface area contributed by atoms with Gasteiger partial charge in [-0.3, -0.25) is 4.90 Å². The molecule has 1 N–H and O–H groups in total. The van der Waals surface area contributed by atoms with Gasteiger partial charge in [-0.15, -0.1) is 0 Å². The number of azide groups is 2. The van der Waals surface area contributed by atoms with E-state index in [0.29, 0.717) is 32.7 Å². The fourth-order valence-corrected chi connectivity index (χ4v) is 3.81. The van der Waals surface area contributed by atoms with Crippen molar-refractivity contribution in [1.82, 2.24) is 10.2 Å². The van der Waals surface area contributed by atoms with Crippen molar-refractivity contribution in [3.63, 3.8) is 0 Å². The molecule has 0 aliphatic heterocycles. The van der Waals surface area contributed by atoms with Crippen LogP contribution in [0.25, 0.3) is 20.9 Å². The van der Waals surface area contributed by atoms with Gasteiger partial charge in [0.05, 0.1) is 13.1 Å². The number of benzene rings is 3. The van der Waals surface area contributed by atoms with E-state index in [0.717, 1.165) is 39.9 Å². The smallest absolute Gasteiger partial charge is 0.410 e. The molecule has 0 aliphatic rings. The van der Waals surface area contributed by atoms with E-state index < -0.39 is 5.60 Å². The van der Waals surface area contributed by atoms with Crippen molar-refractivity contribution >= 4 is 6.09 Å².